The Bertz CT molecular complexity index is 906. The molecule has 1 fully saturated rings. The molecule has 1 heterocycles. The molecule has 0 bridgehead atoms. The smallest absolute Gasteiger partial charge is 0.262 e. The molecule has 1 aliphatic rings. The Kier molecular flexibility index (Phi) is 7.05. The van der Waals surface area contributed by atoms with Crippen molar-refractivity contribution in [2.24, 2.45) is 5.92 Å². The van der Waals surface area contributed by atoms with Gasteiger partial charge in [0, 0.05) is 17.6 Å². The van der Waals surface area contributed by atoms with Gasteiger partial charge in [-0.3, -0.25) is 14.2 Å². The van der Waals surface area contributed by atoms with Crippen LogP contribution in [0.15, 0.2) is 28.2 Å². The van der Waals surface area contributed by atoms with Crippen molar-refractivity contribution in [3.8, 4) is 0 Å². The van der Waals surface area contributed by atoms with Gasteiger partial charge in [0.2, 0.25) is 5.91 Å². The van der Waals surface area contributed by atoms with Crippen molar-refractivity contribution in [1.82, 2.24) is 14.9 Å². The number of aromatic nitrogens is 2. The number of nitrogens with one attached hydrogen (secondary N) is 1. The Morgan fingerprint density at radius 3 is 2.71 bits per heavy atom. The predicted octanol–water partition coefficient (Wildman–Crippen LogP) is 4.64. The van der Waals surface area contributed by atoms with E-state index in [-0.39, 0.29) is 22.8 Å². The Balaban J connectivity index is 1.89. The minimum absolute atomic E-state index is 0.00718. The SMILES string of the molecule is CC(C)CCn1c(S[C@@H](C)C(=O)NC2CCCC2)nc2cc(Cl)ccc2c1=O. The number of carbonyl (C=O) groups is 1. The highest BCUT2D eigenvalue weighted by atomic mass is 35.5. The van der Waals surface area contributed by atoms with Gasteiger partial charge >= 0.3 is 0 Å². The molecule has 1 aromatic heterocycles. The molecule has 1 saturated carbocycles. The third-order valence-electron chi connectivity index (χ3n) is 5.17. The molecule has 152 valence electrons. The van der Waals surface area contributed by atoms with Gasteiger partial charge in [0.25, 0.3) is 5.56 Å². The van der Waals surface area contributed by atoms with Crippen molar-refractivity contribution in [3.05, 3.63) is 33.6 Å². The van der Waals surface area contributed by atoms with E-state index in [1.165, 1.54) is 24.6 Å². The highest BCUT2D eigenvalue weighted by Crippen LogP contribution is 2.25. The molecule has 1 amide bonds. The normalized spacial score (nSPS) is 16.0. The van der Waals surface area contributed by atoms with Crippen molar-refractivity contribution in [1.29, 1.82) is 0 Å². The van der Waals surface area contributed by atoms with Crippen LogP contribution in [0.4, 0.5) is 0 Å². The Morgan fingerprint density at radius 1 is 1.32 bits per heavy atom. The van der Waals surface area contributed by atoms with E-state index >= 15 is 0 Å². The fourth-order valence-electron chi connectivity index (χ4n) is 3.45. The van der Waals surface area contributed by atoms with Crippen LogP contribution in [0.5, 0.6) is 0 Å². The zero-order valence-corrected chi connectivity index (χ0v) is 18.3. The van der Waals surface area contributed by atoms with Crippen LogP contribution in [0.2, 0.25) is 5.02 Å². The second-order valence-corrected chi connectivity index (χ2v) is 9.69. The summed E-state index contributed by atoms with van der Waals surface area (Å²) in [5, 5.41) is 4.49. The number of hydrogen-bond donors (Lipinski definition) is 1. The van der Waals surface area contributed by atoms with E-state index in [9.17, 15) is 9.59 Å². The molecule has 0 aliphatic heterocycles. The molecular formula is C21H28ClN3O2S. The molecule has 5 nitrogen and oxygen atoms in total. The number of hydrogen-bond acceptors (Lipinski definition) is 4. The number of amides is 1. The molecule has 1 N–H and O–H groups in total. The van der Waals surface area contributed by atoms with Gasteiger partial charge in [-0.05, 0) is 50.3 Å². The van der Waals surface area contributed by atoms with Crippen LogP contribution in [-0.2, 0) is 11.3 Å². The summed E-state index contributed by atoms with van der Waals surface area (Å²) in [4.78, 5) is 30.4. The standard InChI is InChI=1S/C21H28ClN3O2S/c1-13(2)10-11-25-20(27)17-9-8-15(22)12-18(17)24-21(25)28-14(3)19(26)23-16-6-4-5-7-16/h8-9,12-14,16H,4-7,10-11H2,1-3H3,(H,23,26)/t14-/m0/s1. The molecule has 1 aromatic carbocycles. The van der Waals surface area contributed by atoms with Crippen molar-refractivity contribution in [2.45, 2.75) is 75.9 Å². The zero-order valence-electron chi connectivity index (χ0n) is 16.7. The number of halogens is 1. The van der Waals surface area contributed by atoms with Gasteiger partial charge in [-0.2, -0.15) is 0 Å². The minimum atomic E-state index is -0.325. The Labute approximate surface area is 175 Å². The van der Waals surface area contributed by atoms with Crippen LogP contribution in [0, 0.1) is 5.92 Å². The van der Waals surface area contributed by atoms with Crippen LogP contribution >= 0.6 is 23.4 Å². The van der Waals surface area contributed by atoms with Crippen molar-refractivity contribution in [2.75, 3.05) is 0 Å². The maximum Gasteiger partial charge on any atom is 0.262 e. The van der Waals surface area contributed by atoms with Gasteiger partial charge in [0.15, 0.2) is 5.16 Å². The number of fused-ring (bicyclic) bond motifs is 1. The van der Waals surface area contributed by atoms with Gasteiger partial charge in [0.1, 0.15) is 0 Å². The van der Waals surface area contributed by atoms with E-state index in [0.717, 1.165) is 19.3 Å². The van der Waals surface area contributed by atoms with E-state index in [4.69, 9.17) is 16.6 Å². The maximum atomic E-state index is 13.1. The molecule has 1 aliphatic carbocycles. The third kappa shape index (κ3) is 5.09. The number of rotatable bonds is 7. The topological polar surface area (TPSA) is 64.0 Å². The highest BCUT2D eigenvalue weighted by Gasteiger charge is 2.23. The van der Waals surface area contributed by atoms with Crippen LogP contribution in [0.3, 0.4) is 0 Å². The second-order valence-electron chi connectivity index (χ2n) is 7.95. The van der Waals surface area contributed by atoms with Crippen LogP contribution in [0.1, 0.15) is 52.9 Å². The summed E-state index contributed by atoms with van der Waals surface area (Å²) in [6, 6.07) is 5.42. The third-order valence-corrected chi connectivity index (χ3v) is 6.49. The number of nitrogens with zero attached hydrogens (tertiary/aromatic N) is 2. The lowest BCUT2D eigenvalue weighted by molar-refractivity contribution is -0.120. The quantitative estimate of drug-likeness (QED) is 0.522. The summed E-state index contributed by atoms with van der Waals surface area (Å²) >= 11 is 7.44. The Morgan fingerprint density at radius 2 is 2.04 bits per heavy atom. The monoisotopic (exact) mass is 421 g/mol. The molecular weight excluding hydrogens is 394 g/mol. The van der Waals surface area contributed by atoms with Gasteiger partial charge in [-0.1, -0.05) is 50.1 Å². The van der Waals surface area contributed by atoms with Gasteiger partial charge in [0.05, 0.1) is 16.2 Å². The second kappa shape index (κ2) is 9.31. The average molecular weight is 422 g/mol. The summed E-state index contributed by atoms with van der Waals surface area (Å²) < 4.78 is 1.71. The molecule has 28 heavy (non-hydrogen) atoms. The first-order valence-electron chi connectivity index (χ1n) is 10.0. The summed E-state index contributed by atoms with van der Waals surface area (Å²) in [6.45, 7) is 6.71. The molecule has 1 atom stereocenters. The first-order valence-corrected chi connectivity index (χ1v) is 11.3. The van der Waals surface area contributed by atoms with E-state index in [0.29, 0.717) is 33.5 Å². The molecule has 3 rings (SSSR count). The lowest BCUT2D eigenvalue weighted by Gasteiger charge is -2.19. The fourth-order valence-corrected chi connectivity index (χ4v) is 4.56. The van der Waals surface area contributed by atoms with Crippen molar-refractivity contribution >= 4 is 40.2 Å². The number of benzene rings is 1. The highest BCUT2D eigenvalue weighted by molar-refractivity contribution is 8.00. The van der Waals surface area contributed by atoms with Crippen LogP contribution < -0.4 is 10.9 Å². The molecule has 0 radical (unpaired) electrons. The average Bonchev–Trinajstić information content (AvgIpc) is 3.13. The largest absolute Gasteiger partial charge is 0.352 e. The molecule has 2 aromatic rings. The lowest BCUT2D eigenvalue weighted by atomic mass is 10.1. The van der Waals surface area contributed by atoms with E-state index < -0.39 is 0 Å². The first kappa shape index (κ1) is 21.2. The molecule has 0 unspecified atom stereocenters. The number of thioether (sulfide) groups is 1. The van der Waals surface area contributed by atoms with Crippen LogP contribution in [0.25, 0.3) is 10.9 Å². The summed E-state index contributed by atoms with van der Waals surface area (Å²) in [7, 11) is 0. The van der Waals surface area contributed by atoms with Gasteiger partial charge in [-0.15, -0.1) is 0 Å². The molecule has 7 heteroatoms. The summed E-state index contributed by atoms with van der Waals surface area (Å²) in [5.41, 5.74) is 0.498. The predicted molar refractivity (Wildman–Crippen MR) is 116 cm³/mol. The first-order chi connectivity index (χ1) is 13.3. The zero-order chi connectivity index (χ0) is 20.3. The van der Waals surface area contributed by atoms with Crippen molar-refractivity contribution in [3.63, 3.8) is 0 Å². The van der Waals surface area contributed by atoms with Crippen molar-refractivity contribution < 1.29 is 4.79 Å². The van der Waals surface area contributed by atoms with E-state index in [2.05, 4.69) is 19.2 Å². The maximum absolute atomic E-state index is 13.1. The van der Waals surface area contributed by atoms with Crippen LogP contribution in [-0.4, -0.2) is 26.8 Å². The molecule has 0 saturated heterocycles. The minimum Gasteiger partial charge on any atom is -0.352 e. The van der Waals surface area contributed by atoms with E-state index in [1.807, 2.05) is 6.92 Å². The molecule has 0 spiro atoms. The van der Waals surface area contributed by atoms with E-state index in [1.54, 1.807) is 22.8 Å². The summed E-state index contributed by atoms with van der Waals surface area (Å²) in [5.74, 6) is 0.474. The Hall–Kier alpha value is -1.53. The van der Waals surface area contributed by atoms with Gasteiger partial charge in [-0.25, -0.2) is 4.98 Å². The number of carbonyl (C=O) groups excluding carboxylic acids is 1. The van der Waals surface area contributed by atoms with Gasteiger partial charge < -0.3 is 5.32 Å². The summed E-state index contributed by atoms with van der Waals surface area (Å²) in [6.07, 6.45) is 5.32. The fraction of sp³-hybridized carbons (Fsp3) is 0.571. The lowest BCUT2D eigenvalue weighted by Crippen LogP contribution is -2.38.